The van der Waals surface area contributed by atoms with Crippen molar-refractivity contribution in [2.75, 3.05) is 10.8 Å². The number of nitrogens with zero attached hydrogens (tertiary/aromatic N) is 1. The molecule has 2 aromatic carbocycles. The molecular formula is C16H16ClNO2S. The first kappa shape index (κ1) is 14.4. The molecule has 1 aliphatic rings. The Morgan fingerprint density at radius 1 is 1.10 bits per heavy atom. The lowest BCUT2D eigenvalue weighted by atomic mass is 10.0. The number of hydrogen-bond acceptors (Lipinski definition) is 2. The summed E-state index contributed by atoms with van der Waals surface area (Å²) in [6, 6.07) is 14.4. The Morgan fingerprint density at radius 3 is 2.48 bits per heavy atom. The third-order valence-electron chi connectivity index (χ3n) is 3.67. The number of anilines is 1. The zero-order valence-electron chi connectivity index (χ0n) is 11.7. The van der Waals surface area contributed by atoms with Crippen LogP contribution in [0.5, 0.6) is 0 Å². The Labute approximate surface area is 130 Å². The van der Waals surface area contributed by atoms with Gasteiger partial charge < -0.3 is 0 Å². The first-order valence-corrected chi connectivity index (χ1v) is 8.67. The van der Waals surface area contributed by atoms with Crippen LogP contribution in [0.4, 0.5) is 5.69 Å². The minimum Gasteiger partial charge on any atom is -0.265 e. The van der Waals surface area contributed by atoms with Gasteiger partial charge in [-0.05, 0) is 37.1 Å². The van der Waals surface area contributed by atoms with Gasteiger partial charge in [0.15, 0.2) is 0 Å². The predicted octanol–water partition coefficient (Wildman–Crippen LogP) is 3.35. The highest BCUT2D eigenvalue weighted by atomic mass is 35.5. The van der Waals surface area contributed by atoms with E-state index >= 15 is 0 Å². The third kappa shape index (κ3) is 2.65. The molecule has 0 saturated carbocycles. The maximum absolute atomic E-state index is 12.9. The first-order valence-electron chi connectivity index (χ1n) is 6.80. The summed E-state index contributed by atoms with van der Waals surface area (Å²) in [5.74, 6) is 0. The molecule has 3 rings (SSSR count). The summed E-state index contributed by atoms with van der Waals surface area (Å²) in [6.07, 6.45) is 0.692. The zero-order valence-corrected chi connectivity index (χ0v) is 13.2. The van der Waals surface area contributed by atoms with Gasteiger partial charge in [0.25, 0.3) is 10.0 Å². The van der Waals surface area contributed by atoms with Gasteiger partial charge in [0.05, 0.1) is 22.5 Å². The van der Waals surface area contributed by atoms with Crippen molar-refractivity contribution < 1.29 is 8.42 Å². The van der Waals surface area contributed by atoms with Crippen molar-refractivity contribution in [1.29, 1.82) is 0 Å². The van der Waals surface area contributed by atoms with Crippen molar-refractivity contribution in [2.45, 2.75) is 23.6 Å². The van der Waals surface area contributed by atoms with E-state index < -0.39 is 10.0 Å². The predicted molar refractivity (Wildman–Crippen MR) is 85.5 cm³/mol. The fourth-order valence-corrected chi connectivity index (χ4v) is 4.51. The third-order valence-corrected chi connectivity index (χ3v) is 5.76. The van der Waals surface area contributed by atoms with E-state index in [9.17, 15) is 8.42 Å². The van der Waals surface area contributed by atoms with Crippen LogP contribution in [-0.2, 0) is 16.4 Å². The largest absolute Gasteiger partial charge is 0.265 e. The van der Waals surface area contributed by atoms with Crippen LogP contribution in [0.25, 0.3) is 0 Å². The van der Waals surface area contributed by atoms with E-state index in [0.29, 0.717) is 17.9 Å². The summed E-state index contributed by atoms with van der Waals surface area (Å²) in [5.41, 5.74) is 2.73. The molecule has 0 saturated heterocycles. The molecule has 1 heterocycles. The maximum Gasteiger partial charge on any atom is 0.264 e. The average Bonchev–Trinajstić information content (AvgIpc) is 2.46. The summed E-state index contributed by atoms with van der Waals surface area (Å²) in [6.45, 7) is 2.23. The lowest BCUT2D eigenvalue weighted by Gasteiger charge is -2.32. The first-order chi connectivity index (χ1) is 9.98. The van der Waals surface area contributed by atoms with Crippen LogP contribution in [0, 0.1) is 6.92 Å². The molecule has 0 radical (unpaired) electrons. The minimum absolute atomic E-state index is 0.208. The summed E-state index contributed by atoms with van der Waals surface area (Å²) < 4.78 is 27.2. The Hall–Kier alpha value is -1.52. The molecule has 0 aliphatic carbocycles. The Morgan fingerprint density at radius 2 is 1.76 bits per heavy atom. The molecule has 1 atom stereocenters. The van der Waals surface area contributed by atoms with Gasteiger partial charge in [0.1, 0.15) is 0 Å². The molecule has 3 nitrogen and oxygen atoms in total. The van der Waals surface area contributed by atoms with E-state index in [1.54, 1.807) is 24.3 Å². The van der Waals surface area contributed by atoms with Crippen LogP contribution < -0.4 is 4.31 Å². The van der Waals surface area contributed by atoms with Crippen LogP contribution in [0.3, 0.4) is 0 Å². The maximum atomic E-state index is 12.9. The van der Waals surface area contributed by atoms with Gasteiger partial charge in [0, 0.05) is 0 Å². The van der Waals surface area contributed by atoms with Crippen LogP contribution in [0.2, 0.25) is 0 Å². The smallest absolute Gasteiger partial charge is 0.264 e. The van der Waals surface area contributed by atoms with E-state index in [-0.39, 0.29) is 5.38 Å². The lowest BCUT2D eigenvalue weighted by Crippen LogP contribution is -2.40. The Bertz CT molecular complexity index is 756. The van der Waals surface area contributed by atoms with E-state index in [2.05, 4.69) is 0 Å². The summed E-state index contributed by atoms with van der Waals surface area (Å²) in [4.78, 5) is 0.300. The molecule has 1 unspecified atom stereocenters. The van der Waals surface area contributed by atoms with E-state index in [1.807, 2.05) is 31.2 Å². The molecule has 0 bridgehead atoms. The second-order valence-electron chi connectivity index (χ2n) is 5.28. The fourth-order valence-electron chi connectivity index (χ4n) is 2.57. The number of hydrogen-bond donors (Lipinski definition) is 0. The summed E-state index contributed by atoms with van der Waals surface area (Å²) in [5, 5.41) is -0.208. The number of aryl methyl sites for hydroxylation is 1. The number of rotatable bonds is 2. The summed E-state index contributed by atoms with van der Waals surface area (Å²) >= 11 is 6.25. The monoisotopic (exact) mass is 321 g/mol. The zero-order chi connectivity index (χ0) is 15.0. The number of halogens is 1. The topological polar surface area (TPSA) is 37.4 Å². The van der Waals surface area contributed by atoms with Crippen molar-refractivity contribution in [2.24, 2.45) is 0 Å². The number of benzene rings is 2. The highest BCUT2D eigenvalue weighted by Crippen LogP contribution is 2.33. The van der Waals surface area contributed by atoms with Crippen molar-refractivity contribution in [3.63, 3.8) is 0 Å². The van der Waals surface area contributed by atoms with Crippen LogP contribution in [0.15, 0.2) is 53.4 Å². The number of alkyl halides is 1. The molecule has 21 heavy (non-hydrogen) atoms. The highest BCUT2D eigenvalue weighted by Gasteiger charge is 2.32. The summed E-state index contributed by atoms with van der Waals surface area (Å²) in [7, 11) is -3.58. The normalized spacial score (nSPS) is 18.4. The fraction of sp³-hybridized carbons (Fsp3) is 0.250. The molecule has 0 aromatic heterocycles. The molecule has 2 aromatic rings. The molecule has 0 N–H and O–H groups in total. The van der Waals surface area contributed by atoms with Crippen molar-refractivity contribution in [3.8, 4) is 0 Å². The van der Waals surface area contributed by atoms with Crippen molar-refractivity contribution >= 4 is 27.3 Å². The van der Waals surface area contributed by atoms with Gasteiger partial charge >= 0.3 is 0 Å². The second-order valence-corrected chi connectivity index (χ2v) is 7.76. The molecule has 0 spiro atoms. The number of fused-ring (bicyclic) bond motifs is 1. The number of sulfonamides is 1. The minimum atomic E-state index is -3.58. The molecule has 0 amide bonds. The van der Waals surface area contributed by atoms with E-state index in [4.69, 9.17) is 11.6 Å². The van der Waals surface area contributed by atoms with E-state index in [0.717, 1.165) is 16.8 Å². The van der Waals surface area contributed by atoms with Crippen LogP contribution in [-0.4, -0.2) is 20.3 Å². The average molecular weight is 322 g/mol. The molecular weight excluding hydrogens is 306 g/mol. The Balaban J connectivity index is 2.09. The Kier molecular flexibility index (Phi) is 3.68. The standard InChI is InChI=1S/C16H16ClNO2S/c1-12-6-8-15(9-7-12)21(19,20)18-11-14(17)10-13-4-2-3-5-16(13)18/h2-9,14H,10-11H2,1H3. The second kappa shape index (κ2) is 5.35. The van der Waals surface area contributed by atoms with Gasteiger partial charge in [0.2, 0.25) is 0 Å². The molecule has 1 aliphatic heterocycles. The molecule has 0 fully saturated rings. The van der Waals surface area contributed by atoms with Gasteiger partial charge in [-0.15, -0.1) is 11.6 Å². The van der Waals surface area contributed by atoms with Crippen molar-refractivity contribution in [1.82, 2.24) is 0 Å². The van der Waals surface area contributed by atoms with Gasteiger partial charge in [-0.2, -0.15) is 0 Å². The van der Waals surface area contributed by atoms with Crippen LogP contribution >= 0.6 is 11.6 Å². The van der Waals surface area contributed by atoms with Gasteiger partial charge in [-0.25, -0.2) is 8.42 Å². The van der Waals surface area contributed by atoms with Crippen LogP contribution in [0.1, 0.15) is 11.1 Å². The quantitative estimate of drug-likeness (QED) is 0.795. The van der Waals surface area contributed by atoms with Gasteiger partial charge in [-0.3, -0.25) is 4.31 Å². The highest BCUT2D eigenvalue weighted by molar-refractivity contribution is 7.92. The molecule has 5 heteroatoms. The molecule has 110 valence electrons. The SMILES string of the molecule is Cc1ccc(S(=O)(=O)N2CC(Cl)Cc3ccccc32)cc1. The van der Waals surface area contributed by atoms with Gasteiger partial charge in [-0.1, -0.05) is 35.9 Å². The lowest BCUT2D eigenvalue weighted by molar-refractivity contribution is 0.587. The number of para-hydroxylation sites is 1. The van der Waals surface area contributed by atoms with Crippen molar-refractivity contribution in [3.05, 3.63) is 59.7 Å². The van der Waals surface area contributed by atoms with E-state index in [1.165, 1.54) is 4.31 Å².